The lowest BCUT2D eigenvalue weighted by atomic mass is 9.71. The normalized spacial score (nSPS) is 14.3. The molecule has 0 bridgehead atoms. The van der Waals surface area contributed by atoms with Gasteiger partial charge in [-0.1, -0.05) is 137 Å². The van der Waals surface area contributed by atoms with E-state index >= 15 is 0 Å². The lowest BCUT2D eigenvalue weighted by molar-refractivity contribution is 0.173. The molecule has 4 aromatic carbocycles. The van der Waals surface area contributed by atoms with Crippen LogP contribution >= 0.6 is 11.6 Å². The highest BCUT2D eigenvalue weighted by atomic mass is 35.5. The van der Waals surface area contributed by atoms with Crippen LogP contribution in [0.15, 0.2) is 123 Å². The van der Waals surface area contributed by atoms with Crippen LogP contribution in [0.25, 0.3) is 28.6 Å². The number of benzene rings is 4. The van der Waals surface area contributed by atoms with Crippen LogP contribution in [0.3, 0.4) is 0 Å². The molecule has 2 heterocycles. The van der Waals surface area contributed by atoms with E-state index in [2.05, 4.69) is 122 Å². The van der Waals surface area contributed by atoms with Crippen LogP contribution in [-0.2, 0) is 0 Å². The Balaban J connectivity index is 0.000000291. The van der Waals surface area contributed by atoms with Gasteiger partial charge in [0.15, 0.2) is 0 Å². The van der Waals surface area contributed by atoms with Crippen LogP contribution in [0.4, 0.5) is 15.8 Å². The summed E-state index contributed by atoms with van der Waals surface area (Å²) in [5.41, 5.74) is 15.2. The number of anilines is 2. The molecule has 302 valence electrons. The molecule has 2 aliphatic rings. The van der Waals surface area contributed by atoms with Gasteiger partial charge in [-0.05, 0) is 140 Å². The van der Waals surface area contributed by atoms with Gasteiger partial charge in [0.25, 0.3) is 0 Å². The Morgan fingerprint density at radius 1 is 0.810 bits per heavy atom. The van der Waals surface area contributed by atoms with Crippen molar-refractivity contribution in [3.05, 3.63) is 178 Å². The molecule has 5 heteroatoms. The van der Waals surface area contributed by atoms with Gasteiger partial charge >= 0.3 is 0 Å². The Kier molecular flexibility index (Phi) is 15.5. The average Bonchev–Trinajstić information content (AvgIpc) is 3.42. The molecule has 1 aliphatic heterocycles. The van der Waals surface area contributed by atoms with Gasteiger partial charge in [0.05, 0.1) is 0 Å². The van der Waals surface area contributed by atoms with E-state index in [-0.39, 0.29) is 5.82 Å². The molecule has 7 rings (SSSR count). The van der Waals surface area contributed by atoms with E-state index in [1.54, 1.807) is 6.07 Å². The maximum atomic E-state index is 12.2. The molecule has 3 nitrogen and oxygen atoms in total. The Labute approximate surface area is 353 Å². The van der Waals surface area contributed by atoms with Crippen molar-refractivity contribution in [3.8, 4) is 0 Å². The van der Waals surface area contributed by atoms with E-state index in [9.17, 15) is 4.39 Å². The number of nitrogens with one attached hydrogen (secondary N) is 1. The lowest BCUT2D eigenvalue weighted by Gasteiger charge is -2.35. The lowest BCUT2D eigenvalue weighted by Crippen LogP contribution is -2.22. The summed E-state index contributed by atoms with van der Waals surface area (Å²) < 4.78 is 12.2. The molecule has 1 aromatic heterocycles. The molecule has 1 aliphatic carbocycles. The van der Waals surface area contributed by atoms with Crippen molar-refractivity contribution in [2.24, 2.45) is 5.41 Å². The molecule has 1 saturated carbocycles. The topological polar surface area (TPSA) is 28.2 Å². The smallest absolute Gasteiger partial charge is 0.123 e. The summed E-state index contributed by atoms with van der Waals surface area (Å²) in [6.45, 7) is 26.2. The molecule has 0 spiro atoms. The fourth-order valence-corrected chi connectivity index (χ4v) is 8.25. The van der Waals surface area contributed by atoms with E-state index in [0.717, 1.165) is 96.4 Å². The van der Waals surface area contributed by atoms with Crippen molar-refractivity contribution in [3.63, 3.8) is 0 Å². The first-order chi connectivity index (χ1) is 27.8. The standard InChI is InChI=1S/C36H34ClN3.C10H20.C7H7F/c1-23(2)29-13-16-33(35(37)21-29)30-17-18-40(36-10-8-7-9-31(36)20-30)27(6)28-11-14-32(15-12-28)39-26(5)34-19-24(3)22-38-25(34)4;1-3-10(4-2)8-6-5-7-9-10;1-6-3-2-4-7(8)5-6/h7-16,19-22,39H,1,5-6,17-18H2,2-4H3;3-9H2,1-2H3;2-5H,1H3. The predicted octanol–water partition coefficient (Wildman–Crippen LogP) is 15.8. The van der Waals surface area contributed by atoms with Crippen LogP contribution < -0.4 is 10.2 Å². The van der Waals surface area contributed by atoms with E-state index < -0.39 is 0 Å². The maximum Gasteiger partial charge on any atom is 0.123 e. The Morgan fingerprint density at radius 2 is 1.50 bits per heavy atom. The minimum absolute atomic E-state index is 0.162. The number of hydrogen-bond acceptors (Lipinski definition) is 3. The molecule has 0 unspecified atom stereocenters. The van der Waals surface area contributed by atoms with Gasteiger partial charge in [-0.2, -0.15) is 0 Å². The van der Waals surface area contributed by atoms with Crippen molar-refractivity contribution in [1.82, 2.24) is 4.98 Å². The monoisotopic (exact) mass is 793 g/mol. The summed E-state index contributed by atoms with van der Waals surface area (Å²) in [5.74, 6) is -0.162. The predicted molar refractivity (Wildman–Crippen MR) is 252 cm³/mol. The zero-order chi connectivity index (χ0) is 41.8. The Bertz CT molecular complexity index is 2220. The van der Waals surface area contributed by atoms with Gasteiger partial charge in [0, 0.05) is 51.8 Å². The highest BCUT2D eigenvalue weighted by molar-refractivity contribution is 6.32. The molecule has 0 amide bonds. The fourth-order valence-electron chi connectivity index (χ4n) is 7.95. The number of hydrogen-bond donors (Lipinski definition) is 1. The zero-order valence-corrected chi connectivity index (χ0v) is 36.3. The summed E-state index contributed by atoms with van der Waals surface area (Å²) in [6.07, 6.45) is 15.2. The van der Waals surface area contributed by atoms with E-state index in [1.165, 1.54) is 62.7 Å². The minimum atomic E-state index is -0.162. The summed E-state index contributed by atoms with van der Waals surface area (Å²) >= 11 is 6.76. The number of aromatic nitrogens is 1. The van der Waals surface area contributed by atoms with Crippen molar-refractivity contribution in [2.75, 3.05) is 16.8 Å². The van der Waals surface area contributed by atoms with Crippen molar-refractivity contribution in [2.45, 2.75) is 92.9 Å². The first-order valence-electron chi connectivity index (χ1n) is 20.8. The minimum Gasteiger partial charge on any atom is -0.355 e. The van der Waals surface area contributed by atoms with Gasteiger partial charge in [-0.15, -0.1) is 0 Å². The summed E-state index contributed by atoms with van der Waals surface area (Å²) in [5, 5.41) is 4.18. The Morgan fingerprint density at radius 3 is 2.10 bits per heavy atom. The summed E-state index contributed by atoms with van der Waals surface area (Å²) in [7, 11) is 0. The molecule has 0 saturated heterocycles. The van der Waals surface area contributed by atoms with E-state index in [4.69, 9.17) is 11.6 Å². The molecule has 5 aromatic rings. The third-order valence-corrected chi connectivity index (χ3v) is 12.1. The van der Waals surface area contributed by atoms with Crippen LogP contribution in [-0.4, -0.2) is 11.5 Å². The van der Waals surface area contributed by atoms with Gasteiger partial charge in [0.2, 0.25) is 0 Å². The number of aryl methyl sites for hydroxylation is 3. The molecule has 1 fully saturated rings. The van der Waals surface area contributed by atoms with Crippen LogP contribution in [0, 0.1) is 32.0 Å². The first kappa shape index (κ1) is 43.9. The van der Waals surface area contributed by atoms with Gasteiger partial charge < -0.3 is 10.2 Å². The maximum absolute atomic E-state index is 12.2. The SMILES string of the molecule is C=C(C)c1ccc(C2=Cc3ccccc3N(C(=C)c3ccc(NC(=C)c4cc(C)cnc4C)cc3)CC2)c(Cl)c1.CCC1(CC)CCCCC1.Cc1cccc(F)c1. The first-order valence-corrected chi connectivity index (χ1v) is 21.1. The highest BCUT2D eigenvalue weighted by Crippen LogP contribution is 2.42. The summed E-state index contributed by atoms with van der Waals surface area (Å²) in [4.78, 5) is 6.77. The highest BCUT2D eigenvalue weighted by Gasteiger charge is 2.27. The number of nitrogens with zero attached hydrogens (tertiary/aromatic N) is 2. The number of allylic oxidation sites excluding steroid dienone is 1. The van der Waals surface area contributed by atoms with E-state index in [1.807, 2.05) is 46.0 Å². The van der Waals surface area contributed by atoms with Gasteiger partial charge in [-0.25, -0.2) is 4.39 Å². The third-order valence-electron chi connectivity index (χ3n) is 11.8. The van der Waals surface area contributed by atoms with Crippen LogP contribution in [0.2, 0.25) is 5.02 Å². The van der Waals surface area contributed by atoms with Crippen molar-refractivity contribution in [1.29, 1.82) is 0 Å². The van der Waals surface area contributed by atoms with Crippen LogP contribution in [0.1, 0.15) is 117 Å². The summed E-state index contributed by atoms with van der Waals surface area (Å²) in [6, 6.07) is 31.6. The van der Waals surface area contributed by atoms with E-state index in [0.29, 0.717) is 0 Å². The molecule has 0 radical (unpaired) electrons. The quantitative estimate of drug-likeness (QED) is 0.161. The zero-order valence-electron chi connectivity index (χ0n) is 35.5. The van der Waals surface area contributed by atoms with Gasteiger partial charge in [0.1, 0.15) is 5.82 Å². The number of rotatable bonds is 9. The molecule has 1 N–H and O–H groups in total. The third kappa shape index (κ3) is 11.5. The fraction of sp³-hybridized carbons (Fsp3) is 0.302. The Hall–Kier alpha value is -5.19. The van der Waals surface area contributed by atoms with Gasteiger partial charge in [-0.3, -0.25) is 4.98 Å². The number of pyridine rings is 1. The second kappa shape index (κ2) is 20.5. The van der Waals surface area contributed by atoms with Crippen molar-refractivity contribution < 1.29 is 4.39 Å². The largest absolute Gasteiger partial charge is 0.355 e. The molecule has 58 heavy (non-hydrogen) atoms. The number of fused-ring (bicyclic) bond motifs is 1. The molecular formula is C53H61ClFN3. The number of halogens is 2. The second-order valence-electron chi connectivity index (χ2n) is 15.9. The van der Waals surface area contributed by atoms with Crippen molar-refractivity contribution >= 4 is 51.6 Å². The second-order valence-corrected chi connectivity index (χ2v) is 16.4. The molecular weight excluding hydrogens is 733 g/mol. The number of para-hydroxylation sites is 1. The van der Waals surface area contributed by atoms with Crippen LogP contribution in [0.5, 0.6) is 0 Å². The average molecular weight is 795 g/mol. The molecule has 0 atom stereocenters.